The summed E-state index contributed by atoms with van der Waals surface area (Å²) in [6.07, 6.45) is 0. The summed E-state index contributed by atoms with van der Waals surface area (Å²) in [4.78, 5) is 12.2. The molecule has 0 aliphatic heterocycles. The molecule has 0 spiro atoms. The van der Waals surface area contributed by atoms with Crippen molar-refractivity contribution in [1.29, 1.82) is 0 Å². The number of hydrogen-bond donors (Lipinski definition) is 1. The van der Waals surface area contributed by atoms with Gasteiger partial charge in [0.05, 0.1) is 0 Å². The Kier molecular flexibility index (Phi) is 3.93. The number of carbonyl (C=O) groups excluding carboxylic acids is 1. The summed E-state index contributed by atoms with van der Waals surface area (Å²) in [7, 11) is 1.72. The Balaban J connectivity index is 3.75. The van der Waals surface area contributed by atoms with Crippen molar-refractivity contribution in [1.82, 2.24) is 4.90 Å². The van der Waals surface area contributed by atoms with E-state index < -0.39 is 0 Å². The maximum absolute atomic E-state index is 10.6. The lowest BCUT2D eigenvalue weighted by molar-refractivity contribution is 0.205. The Labute approximate surface area is 68.6 Å². The van der Waals surface area contributed by atoms with Gasteiger partial charge >= 0.3 is 6.03 Å². The SMILES string of the molecule is CC(C)C(C)CN(C)C(N)=O. The first-order valence-electron chi connectivity index (χ1n) is 3.95. The first-order chi connectivity index (χ1) is 4.95. The summed E-state index contributed by atoms with van der Waals surface area (Å²) in [6.45, 7) is 7.14. The second kappa shape index (κ2) is 4.21. The maximum atomic E-state index is 10.6. The molecular formula is C8H18N2O. The fourth-order valence-corrected chi connectivity index (χ4v) is 0.733. The molecule has 1 atom stereocenters. The van der Waals surface area contributed by atoms with Gasteiger partial charge in [0.15, 0.2) is 0 Å². The number of nitrogens with two attached hydrogens (primary N) is 1. The highest BCUT2D eigenvalue weighted by Crippen LogP contribution is 2.09. The van der Waals surface area contributed by atoms with Crippen molar-refractivity contribution in [3.05, 3.63) is 0 Å². The summed E-state index contributed by atoms with van der Waals surface area (Å²) >= 11 is 0. The average Bonchev–Trinajstić information content (AvgIpc) is 1.87. The van der Waals surface area contributed by atoms with Gasteiger partial charge in [-0.15, -0.1) is 0 Å². The van der Waals surface area contributed by atoms with Gasteiger partial charge in [0.25, 0.3) is 0 Å². The summed E-state index contributed by atoms with van der Waals surface area (Å²) in [5.74, 6) is 1.10. The molecule has 0 radical (unpaired) electrons. The second-order valence-corrected chi connectivity index (χ2v) is 3.44. The molecule has 0 saturated heterocycles. The highest BCUT2D eigenvalue weighted by Gasteiger charge is 2.11. The topological polar surface area (TPSA) is 46.3 Å². The summed E-state index contributed by atoms with van der Waals surface area (Å²) in [5, 5.41) is 0. The van der Waals surface area contributed by atoms with Crippen LogP contribution < -0.4 is 5.73 Å². The Hall–Kier alpha value is -0.730. The van der Waals surface area contributed by atoms with Crippen LogP contribution in [0.4, 0.5) is 4.79 Å². The number of amides is 2. The fourth-order valence-electron chi connectivity index (χ4n) is 0.733. The molecule has 1 unspecified atom stereocenters. The van der Waals surface area contributed by atoms with Crippen LogP contribution >= 0.6 is 0 Å². The minimum absolute atomic E-state index is 0.350. The predicted molar refractivity (Wildman–Crippen MR) is 46.2 cm³/mol. The van der Waals surface area contributed by atoms with E-state index in [1.165, 1.54) is 0 Å². The zero-order chi connectivity index (χ0) is 9.02. The Morgan fingerprint density at radius 3 is 2.18 bits per heavy atom. The first-order valence-corrected chi connectivity index (χ1v) is 3.95. The van der Waals surface area contributed by atoms with Crippen molar-refractivity contribution < 1.29 is 4.79 Å². The lowest BCUT2D eigenvalue weighted by Gasteiger charge is -2.21. The Bertz CT molecular complexity index is 134. The van der Waals surface area contributed by atoms with Crippen LogP contribution in [0, 0.1) is 11.8 Å². The minimum Gasteiger partial charge on any atom is -0.351 e. The molecule has 3 heteroatoms. The molecular weight excluding hydrogens is 140 g/mol. The van der Waals surface area contributed by atoms with Crippen LogP contribution in [0.3, 0.4) is 0 Å². The van der Waals surface area contributed by atoms with E-state index in [2.05, 4.69) is 20.8 Å². The van der Waals surface area contributed by atoms with Gasteiger partial charge in [0.2, 0.25) is 0 Å². The molecule has 2 N–H and O–H groups in total. The lowest BCUT2D eigenvalue weighted by atomic mass is 9.98. The van der Waals surface area contributed by atoms with Gasteiger partial charge < -0.3 is 10.6 Å². The molecule has 0 aromatic rings. The molecule has 0 saturated carbocycles. The first kappa shape index (κ1) is 10.3. The van der Waals surface area contributed by atoms with Crippen LogP contribution in [0.25, 0.3) is 0 Å². The number of carbonyl (C=O) groups is 1. The normalized spacial score (nSPS) is 13.2. The smallest absolute Gasteiger partial charge is 0.314 e. The highest BCUT2D eigenvalue weighted by atomic mass is 16.2. The largest absolute Gasteiger partial charge is 0.351 e. The molecule has 0 aliphatic carbocycles. The van der Waals surface area contributed by atoms with Crippen molar-refractivity contribution in [3.8, 4) is 0 Å². The van der Waals surface area contributed by atoms with E-state index in [9.17, 15) is 4.79 Å². The van der Waals surface area contributed by atoms with Gasteiger partial charge in [-0.1, -0.05) is 20.8 Å². The van der Waals surface area contributed by atoms with Crippen molar-refractivity contribution in [3.63, 3.8) is 0 Å². The minimum atomic E-state index is -0.350. The Morgan fingerprint density at radius 1 is 1.45 bits per heavy atom. The van der Waals surface area contributed by atoms with Crippen LogP contribution in [0.15, 0.2) is 0 Å². The lowest BCUT2D eigenvalue weighted by Crippen LogP contribution is -2.36. The van der Waals surface area contributed by atoms with Crippen LogP contribution in [-0.2, 0) is 0 Å². The summed E-state index contributed by atoms with van der Waals surface area (Å²) in [5.41, 5.74) is 5.07. The van der Waals surface area contributed by atoms with Crippen molar-refractivity contribution in [2.75, 3.05) is 13.6 Å². The van der Waals surface area contributed by atoms with Crippen LogP contribution in [0.5, 0.6) is 0 Å². The van der Waals surface area contributed by atoms with E-state index in [0.29, 0.717) is 11.8 Å². The zero-order valence-electron chi connectivity index (χ0n) is 7.79. The highest BCUT2D eigenvalue weighted by molar-refractivity contribution is 5.71. The third-order valence-electron chi connectivity index (χ3n) is 2.08. The van der Waals surface area contributed by atoms with Crippen molar-refractivity contribution in [2.24, 2.45) is 17.6 Å². The molecule has 0 heterocycles. The molecule has 0 aliphatic rings. The molecule has 0 aromatic heterocycles. The second-order valence-electron chi connectivity index (χ2n) is 3.44. The van der Waals surface area contributed by atoms with Gasteiger partial charge in [-0.25, -0.2) is 4.79 Å². The molecule has 0 rings (SSSR count). The molecule has 0 fully saturated rings. The molecule has 3 nitrogen and oxygen atoms in total. The quantitative estimate of drug-likeness (QED) is 0.661. The van der Waals surface area contributed by atoms with Gasteiger partial charge in [-0.2, -0.15) is 0 Å². The monoisotopic (exact) mass is 158 g/mol. The van der Waals surface area contributed by atoms with Gasteiger partial charge in [0, 0.05) is 13.6 Å². The van der Waals surface area contributed by atoms with Crippen LogP contribution in [-0.4, -0.2) is 24.5 Å². The van der Waals surface area contributed by atoms with E-state index in [1.54, 1.807) is 11.9 Å². The van der Waals surface area contributed by atoms with E-state index in [0.717, 1.165) is 6.54 Å². The average molecular weight is 158 g/mol. The molecule has 0 aromatic carbocycles. The molecule has 0 bridgehead atoms. The van der Waals surface area contributed by atoms with Gasteiger partial charge in [-0.3, -0.25) is 0 Å². The molecule has 66 valence electrons. The van der Waals surface area contributed by atoms with Crippen molar-refractivity contribution in [2.45, 2.75) is 20.8 Å². The maximum Gasteiger partial charge on any atom is 0.314 e. The number of hydrogen-bond acceptors (Lipinski definition) is 1. The standard InChI is InChI=1S/C8H18N2O/c1-6(2)7(3)5-10(4)8(9)11/h6-7H,5H2,1-4H3,(H2,9,11). The molecule has 2 amide bonds. The van der Waals surface area contributed by atoms with E-state index in [1.807, 2.05) is 0 Å². The zero-order valence-corrected chi connectivity index (χ0v) is 7.79. The number of primary amides is 1. The van der Waals surface area contributed by atoms with Gasteiger partial charge in [-0.05, 0) is 11.8 Å². The Morgan fingerprint density at radius 2 is 1.91 bits per heavy atom. The van der Waals surface area contributed by atoms with Crippen LogP contribution in [0.2, 0.25) is 0 Å². The number of nitrogens with zero attached hydrogens (tertiary/aromatic N) is 1. The van der Waals surface area contributed by atoms with E-state index in [-0.39, 0.29) is 6.03 Å². The summed E-state index contributed by atoms with van der Waals surface area (Å²) in [6, 6.07) is -0.350. The fraction of sp³-hybridized carbons (Fsp3) is 0.875. The third kappa shape index (κ3) is 3.86. The summed E-state index contributed by atoms with van der Waals surface area (Å²) < 4.78 is 0. The number of rotatable bonds is 3. The van der Waals surface area contributed by atoms with Crippen molar-refractivity contribution >= 4 is 6.03 Å². The predicted octanol–water partition coefficient (Wildman–Crippen LogP) is 1.29. The van der Waals surface area contributed by atoms with Gasteiger partial charge in [0.1, 0.15) is 0 Å². The van der Waals surface area contributed by atoms with E-state index >= 15 is 0 Å². The molecule has 11 heavy (non-hydrogen) atoms. The number of urea groups is 1. The van der Waals surface area contributed by atoms with Crippen LogP contribution in [0.1, 0.15) is 20.8 Å². The van der Waals surface area contributed by atoms with E-state index in [4.69, 9.17) is 5.73 Å². The third-order valence-corrected chi connectivity index (χ3v) is 2.08.